The van der Waals surface area contributed by atoms with Gasteiger partial charge in [0.2, 0.25) is 5.91 Å². The van der Waals surface area contributed by atoms with Crippen LogP contribution in [-0.4, -0.2) is 41.1 Å². The van der Waals surface area contributed by atoms with Gasteiger partial charge in [-0.2, -0.15) is 11.8 Å². The second-order valence-electron chi connectivity index (χ2n) is 2.96. The number of hydrogen-bond donors (Lipinski definition) is 3. The molecule has 0 bridgehead atoms. The predicted octanol–water partition coefficient (Wildman–Crippen LogP) is -0.344. The zero-order valence-corrected chi connectivity index (χ0v) is 9.13. The summed E-state index contributed by atoms with van der Waals surface area (Å²) in [6.45, 7) is 1.40. The summed E-state index contributed by atoms with van der Waals surface area (Å²) in [5.41, 5.74) is 5.53. The normalized spacial score (nSPS) is 14.5. The van der Waals surface area contributed by atoms with Crippen molar-refractivity contribution in [3.05, 3.63) is 0 Å². The van der Waals surface area contributed by atoms with Crippen molar-refractivity contribution in [3.8, 4) is 0 Å². The van der Waals surface area contributed by atoms with E-state index in [2.05, 4.69) is 5.32 Å². The van der Waals surface area contributed by atoms with Crippen molar-refractivity contribution in [2.24, 2.45) is 5.73 Å². The summed E-state index contributed by atoms with van der Waals surface area (Å²) < 4.78 is 0. The van der Waals surface area contributed by atoms with Crippen LogP contribution in [0.4, 0.5) is 0 Å². The van der Waals surface area contributed by atoms with Gasteiger partial charge in [0.25, 0.3) is 0 Å². The first-order valence-electron chi connectivity index (χ1n) is 4.26. The van der Waals surface area contributed by atoms with E-state index in [9.17, 15) is 9.59 Å². The molecule has 1 amide bonds. The third kappa shape index (κ3) is 5.08. The smallest absolute Gasteiger partial charge is 0.325 e. The molecule has 0 aromatic carbocycles. The Morgan fingerprint density at radius 1 is 1.57 bits per heavy atom. The van der Waals surface area contributed by atoms with E-state index in [1.807, 2.05) is 6.26 Å². The maximum atomic E-state index is 11.3. The van der Waals surface area contributed by atoms with Gasteiger partial charge in [-0.15, -0.1) is 0 Å². The summed E-state index contributed by atoms with van der Waals surface area (Å²) in [7, 11) is 0. The van der Waals surface area contributed by atoms with Crippen LogP contribution in [0.3, 0.4) is 0 Å². The minimum atomic E-state index is -1.06. The monoisotopic (exact) mass is 220 g/mol. The van der Waals surface area contributed by atoms with Crippen molar-refractivity contribution >= 4 is 23.6 Å². The highest BCUT2D eigenvalue weighted by Gasteiger charge is 2.18. The SMILES string of the molecule is CSCC[C@@H](N)C(=O)NC(C)C(=O)O. The molecule has 0 rings (SSSR count). The van der Waals surface area contributed by atoms with Crippen LogP contribution in [0.2, 0.25) is 0 Å². The van der Waals surface area contributed by atoms with Crippen LogP contribution in [-0.2, 0) is 9.59 Å². The van der Waals surface area contributed by atoms with Gasteiger partial charge in [-0.1, -0.05) is 0 Å². The Morgan fingerprint density at radius 2 is 2.14 bits per heavy atom. The summed E-state index contributed by atoms with van der Waals surface area (Å²) in [6.07, 6.45) is 2.48. The number of carbonyl (C=O) groups excluding carboxylic acids is 1. The maximum absolute atomic E-state index is 11.3. The molecule has 0 saturated carbocycles. The summed E-state index contributed by atoms with van der Waals surface area (Å²) in [4.78, 5) is 21.7. The number of nitrogens with one attached hydrogen (secondary N) is 1. The fraction of sp³-hybridized carbons (Fsp3) is 0.750. The second-order valence-corrected chi connectivity index (χ2v) is 3.94. The van der Waals surface area contributed by atoms with Crippen molar-refractivity contribution in [3.63, 3.8) is 0 Å². The first-order valence-corrected chi connectivity index (χ1v) is 5.66. The second kappa shape index (κ2) is 6.67. The highest BCUT2D eigenvalue weighted by molar-refractivity contribution is 7.98. The van der Waals surface area contributed by atoms with Gasteiger partial charge >= 0.3 is 5.97 Å². The van der Waals surface area contributed by atoms with Gasteiger partial charge in [0, 0.05) is 0 Å². The van der Waals surface area contributed by atoms with Crippen LogP contribution >= 0.6 is 11.8 Å². The summed E-state index contributed by atoms with van der Waals surface area (Å²) >= 11 is 1.60. The van der Waals surface area contributed by atoms with Crippen molar-refractivity contribution in [1.29, 1.82) is 0 Å². The van der Waals surface area contributed by atoms with E-state index in [4.69, 9.17) is 10.8 Å². The lowest BCUT2D eigenvalue weighted by molar-refractivity contribution is -0.141. The van der Waals surface area contributed by atoms with Gasteiger partial charge in [0.1, 0.15) is 6.04 Å². The minimum absolute atomic E-state index is 0.408. The molecule has 0 aliphatic rings. The number of rotatable bonds is 6. The summed E-state index contributed by atoms with van der Waals surface area (Å²) in [5.74, 6) is -0.680. The number of carboxylic acids is 1. The van der Waals surface area contributed by atoms with E-state index in [-0.39, 0.29) is 0 Å². The number of carbonyl (C=O) groups is 2. The van der Waals surface area contributed by atoms with E-state index in [1.54, 1.807) is 11.8 Å². The number of hydrogen-bond acceptors (Lipinski definition) is 4. The van der Waals surface area contributed by atoms with Crippen LogP contribution in [0.25, 0.3) is 0 Å². The van der Waals surface area contributed by atoms with Gasteiger partial charge in [-0.3, -0.25) is 9.59 Å². The van der Waals surface area contributed by atoms with E-state index in [0.29, 0.717) is 6.42 Å². The molecule has 2 atom stereocenters. The Hall–Kier alpha value is -0.750. The number of carboxylic acid groups (broad SMARTS) is 1. The lowest BCUT2D eigenvalue weighted by Gasteiger charge is -2.13. The third-order valence-corrected chi connectivity index (χ3v) is 2.34. The average molecular weight is 220 g/mol. The summed E-state index contributed by atoms with van der Waals surface area (Å²) in [5, 5.41) is 10.8. The molecule has 0 aliphatic heterocycles. The average Bonchev–Trinajstić information content (AvgIpc) is 2.13. The van der Waals surface area contributed by atoms with Crippen LogP contribution in [0.5, 0.6) is 0 Å². The summed E-state index contributed by atoms with van der Waals surface area (Å²) in [6, 6.07) is -1.51. The molecular weight excluding hydrogens is 204 g/mol. The minimum Gasteiger partial charge on any atom is -0.480 e. The molecule has 0 aromatic heterocycles. The van der Waals surface area contributed by atoms with Crippen molar-refractivity contribution in [2.75, 3.05) is 12.0 Å². The lowest BCUT2D eigenvalue weighted by atomic mass is 10.2. The number of nitrogens with two attached hydrogens (primary N) is 1. The molecule has 0 aliphatic carbocycles. The number of amides is 1. The van der Waals surface area contributed by atoms with Gasteiger partial charge in [-0.25, -0.2) is 0 Å². The van der Waals surface area contributed by atoms with Crippen molar-refractivity contribution < 1.29 is 14.7 Å². The molecule has 1 unspecified atom stereocenters. The van der Waals surface area contributed by atoms with E-state index >= 15 is 0 Å². The zero-order valence-electron chi connectivity index (χ0n) is 8.32. The molecule has 0 spiro atoms. The largest absolute Gasteiger partial charge is 0.480 e. The third-order valence-electron chi connectivity index (χ3n) is 1.70. The van der Waals surface area contributed by atoms with Crippen molar-refractivity contribution in [2.45, 2.75) is 25.4 Å². The quantitative estimate of drug-likeness (QED) is 0.569. The van der Waals surface area contributed by atoms with Gasteiger partial charge < -0.3 is 16.2 Å². The Bertz CT molecular complexity index is 211. The van der Waals surface area contributed by atoms with Crippen LogP contribution in [0, 0.1) is 0 Å². The number of thioether (sulfide) groups is 1. The van der Waals surface area contributed by atoms with E-state index in [1.165, 1.54) is 6.92 Å². The fourth-order valence-electron chi connectivity index (χ4n) is 0.758. The highest BCUT2D eigenvalue weighted by Crippen LogP contribution is 1.98. The Kier molecular flexibility index (Phi) is 6.31. The first-order chi connectivity index (χ1) is 6.49. The Labute approximate surface area is 87.4 Å². The number of aliphatic carboxylic acids is 1. The van der Waals surface area contributed by atoms with Gasteiger partial charge in [0.15, 0.2) is 0 Å². The molecule has 82 valence electrons. The molecule has 4 N–H and O–H groups in total. The standard InChI is InChI=1S/C8H16N2O3S/c1-5(8(12)13)10-7(11)6(9)3-4-14-2/h5-6H,3-4,9H2,1-2H3,(H,10,11)(H,12,13)/t5?,6-/m1/s1. The molecule has 0 saturated heterocycles. The van der Waals surface area contributed by atoms with Crippen LogP contribution in [0.15, 0.2) is 0 Å². The highest BCUT2D eigenvalue weighted by atomic mass is 32.2. The molecular formula is C8H16N2O3S. The molecule has 6 heteroatoms. The Balaban J connectivity index is 3.88. The molecule has 0 radical (unpaired) electrons. The van der Waals surface area contributed by atoms with E-state index < -0.39 is 24.0 Å². The zero-order chi connectivity index (χ0) is 11.1. The molecule has 0 heterocycles. The van der Waals surface area contributed by atoms with E-state index in [0.717, 1.165) is 5.75 Å². The van der Waals surface area contributed by atoms with Gasteiger partial charge in [0.05, 0.1) is 6.04 Å². The predicted molar refractivity (Wildman–Crippen MR) is 56.2 cm³/mol. The topological polar surface area (TPSA) is 92.4 Å². The van der Waals surface area contributed by atoms with Crippen LogP contribution < -0.4 is 11.1 Å². The first kappa shape index (κ1) is 13.2. The fourth-order valence-corrected chi connectivity index (χ4v) is 1.25. The molecule has 14 heavy (non-hydrogen) atoms. The molecule has 5 nitrogen and oxygen atoms in total. The lowest BCUT2D eigenvalue weighted by Crippen LogP contribution is -2.47. The van der Waals surface area contributed by atoms with Gasteiger partial charge in [-0.05, 0) is 25.4 Å². The maximum Gasteiger partial charge on any atom is 0.325 e. The molecule has 0 fully saturated rings. The molecule has 0 aromatic rings. The Morgan fingerprint density at radius 3 is 2.57 bits per heavy atom. The van der Waals surface area contributed by atoms with Crippen molar-refractivity contribution in [1.82, 2.24) is 5.32 Å². The van der Waals surface area contributed by atoms with Crippen LogP contribution in [0.1, 0.15) is 13.3 Å².